The van der Waals surface area contributed by atoms with Crippen LogP contribution < -0.4 is 9.26 Å². The Morgan fingerprint density at radius 1 is 1.27 bits per heavy atom. The summed E-state index contributed by atoms with van der Waals surface area (Å²) < 4.78 is 9.92. The van der Waals surface area contributed by atoms with E-state index in [1.54, 1.807) is 6.07 Å². The molecule has 0 atom stereocenters. The molecule has 0 aliphatic heterocycles. The summed E-state index contributed by atoms with van der Waals surface area (Å²) in [6.07, 6.45) is 2.01. The molecule has 0 saturated carbocycles. The largest absolute Gasteiger partial charge is 0.493 e. The second-order valence-electron chi connectivity index (χ2n) is 3.08. The Morgan fingerprint density at radius 2 is 2.00 bits per heavy atom. The zero-order chi connectivity index (χ0) is 11.3. The van der Waals surface area contributed by atoms with Gasteiger partial charge in [-0.25, -0.2) is 0 Å². The summed E-state index contributed by atoms with van der Waals surface area (Å²) in [5, 5.41) is 0. The van der Waals surface area contributed by atoms with Crippen LogP contribution in [-0.4, -0.2) is 16.9 Å². The first-order valence-electron chi connectivity index (χ1n) is 4.70. The quantitative estimate of drug-likeness (QED) is 0.761. The molecule has 2 N–H and O–H groups in total. The molecule has 0 fully saturated rings. The Balaban J connectivity index is 2.88. The third-order valence-corrected chi connectivity index (χ3v) is 2.31. The van der Waals surface area contributed by atoms with Gasteiger partial charge in [-0.15, -0.1) is 0 Å². The maximum Gasteiger partial charge on any atom is 0.391 e. The van der Waals surface area contributed by atoms with Gasteiger partial charge in [0.2, 0.25) is 0 Å². The monoisotopic (exact) mass is 230 g/mol. The van der Waals surface area contributed by atoms with E-state index in [-0.39, 0.29) is 0 Å². The van der Waals surface area contributed by atoms with E-state index in [1.807, 2.05) is 12.1 Å². The number of hydrogen-bond acceptors (Lipinski definition) is 4. The molecule has 0 saturated heterocycles. The SMILES string of the molecule is CCCc1ccc(OP(O)O)c(OC)c1. The average molecular weight is 230 g/mol. The van der Waals surface area contributed by atoms with E-state index in [9.17, 15) is 0 Å². The topological polar surface area (TPSA) is 58.9 Å². The highest BCUT2D eigenvalue weighted by Crippen LogP contribution is 2.36. The Labute approximate surface area is 90.5 Å². The summed E-state index contributed by atoms with van der Waals surface area (Å²) in [4.78, 5) is 17.5. The summed E-state index contributed by atoms with van der Waals surface area (Å²) in [5.41, 5.74) is 1.14. The number of benzene rings is 1. The van der Waals surface area contributed by atoms with Gasteiger partial charge in [-0.05, 0) is 24.1 Å². The highest BCUT2D eigenvalue weighted by Gasteiger charge is 2.09. The third kappa shape index (κ3) is 3.67. The maximum atomic E-state index is 8.74. The first-order chi connectivity index (χ1) is 7.17. The lowest BCUT2D eigenvalue weighted by molar-refractivity contribution is 0.351. The molecule has 0 amide bonds. The van der Waals surface area contributed by atoms with Crippen molar-refractivity contribution in [2.45, 2.75) is 19.8 Å². The number of rotatable bonds is 5. The molecule has 0 aliphatic rings. The van der Waals surface area contributed by atoms with Crippen LogP contribution in [-0.2, 0) is 6.42 Å². The number of aryl methyl sites for hydroxylation is 1. The smallest absolute Gasteiger partial charge is 0.391 e. The molecule has 0 heterocycles. The summed E-state index contributed by atoms with van der Waals surface area (Å²) in [5.74, 6) is 0.880. The molecule has 5 heteroatoms. The molecule has 0 unspecified atom stereocenters. The molecule has 1 rings (SSSR count). The van der Waals surface area contributed by atoms with E-state index in [0.717, 1.165) is 18.4 Å². The molecule has 0 aromatic heterocycles. The number of ether oxygens (including phenoxy) is 1. The van der Waals surface area contributed by atoms with Crippen LogP contribution >= 0.6 is 8.60 Å². The Morgan fingerprint density at radius 3 is 2.53 bits per heavy atom. The van der Waals surface area contributed by atoms with E-state index in [1.165, 1.54) is 7.11 Å². The lowest BCUT2D eigenvalue weighted by Crippen LogP contribution is -1.93. The molecule has 1 aromatic carbocycles. The molecule has 0 aliphatic carbocycles. The molecule has 84 valence electrons. The highest BCUT2D eigenvalue weighted by atomic mass is 31.2. The van der Waals surface area contributed by atoms with Gasteiger partial charge in [0, 0.05) is 0 Å². The first kappa shape index (κ1) is 12.2. The second kappa shape index (κ2) is 5.91. The summed E-state index contributed by atoms with van der Waals surface area (Å²) in [6.45, 7) is 2.09. The predicted octanol–water partition coefficient (Wildman–Crippen LogP) is 2.24. The Hall–Kier alpha value is -0.830. The van der Waals surface area contributed by atoms with Crippen LogP contribution in [0.15, 0.2) is 18.2 Å². The van der Waals surface area contributed by atoms with Crippen molar-refractivity contribution < 1.29 is 19.0 Å². The van der Waals surface area contributed by atoms with Crippen molar-refractivity contribution in [2.24, 2.45) is 0 Å². The predicted molar refractivity (Wildman–Crippen MR) is 59.0 cm³/mol. The minimum atomic E-state index is -2.40. The number of methoxy groups -OCH3 is 1. The van der Waals surface area contributed by atoms with Gasteiger partial charge in [0.1, 0.15) is 0 Å². The van der Waals surface area contributed by atoms with Crippen LogP contribution in [0.4, 0.5) is 0 Å². The summed E-state index contributed by atoms with van der Waals surface area (Å²) in [6, 6.07) is 5.42. The molecule has 0 spiro atoms. The zero-order valence-corrected chi connectivity index (χ0v) is 9.70. The van der Waals surface area contributed by atoms with Crippen LogP contribution in [0.3, 0.4) is 0 Å². The maximum absolute atomic E-state index is 8.74. The molecule has 0 bridgehead atoms. The standard InChI is InChI=1S/C10H15O4P/c1-3-4-8-5-6-9(14-15(11)12)10(7-8)13-2/h5-7,11-12H,3-4H2,1-2H3. The second-order valence-corrected chi connectivity index (χ2v) is 3.77. The Kier molecular flexibility index (Phi) is 4.82. The molecular formula is C10H15O4P. The highest BCUT2D eigenvalue weighted by molar-refractivity contribution is 7.39. The minimum absolute atomic E-state index is 0.355. The third-order valence-electron chi connectivity index (χ3n) is 1.95. The van der Waals surface area contributed by atoms with Crippen LogP contribution in [0.2, 0.25) is 0 Å². The van der Waals surface area contributed by atoms with E-state index in [0.29, 0.717) is 11.5 Å². The molecular weight excluding hydrogens is 215 g/mol. The van der Waals surface area contributed by atoms with Crippen LogP contribution in [0.1, 0.15) is 18.9 Å². The number of hydrogen-bond donors (Lipinski definition) is 2. The summed E-state index contributed by atoms with van der Waals surface area (Å²) >= 11 is 0. The first-order valence-corrected chi connectivity index (χ1v) is 5.86. The minimum Gasteiger partial charge on any atom is -0.493 e. The van der Waals surface area contributed by atoms with E-state index >= 15 is 0 Å². The van der Waals surface area contributed by atoms with E-state index < -0.39 is 8.60 Å². The molecule has 0 radical (unpaired) electrons. The van der Waals surface area contributed by atoms with Crippen molar-refractivity contribution in [1.29, 1.82) is 0 Å². The van der Waals surface area contributed by atoms with Crippen molar-refractivity contribution in [2.75, 3.05) is 7.11 Å². The van der Waals surface area contributed by atoms with Crippen LogP contribution in [0.5, 0.6) is 11.5 Å². The lowest BCUT2D eigenvalue weighted by atomic mass is 10.1. The summed E-state index contributed by atoms with van der Waals surface area (Å²) in [7, 11) is -0.873. The van der Waals surface area contributed by atoms with Gasteiger partial charge in [-0.1, -0.05) is 19.4 Å². The van der Waals surface area contributed by atoms with Crippen molar-refractivity contribution in [3.8, 4) is 11.5 Å². The van der Waals surface area contributed by atoms with Gasteiger partial charge in [-0.3, -0.25) is 0 Å². The zero-order valence-electron chi connectivity index (χ0n) is 8.80. The van der Waals surface area contributed by atoms with Crippen molar-refractivity contribution in [3.63, 3.8) is 0 Å². The normalized spacial score (nSPS) is 10.5. The van der Waals surface area contributed by atoms with Gasteiger partial charge >= 0.3 is 8.60 Å². The van der Waals surface area contributed by atoms with Crippen LogP contribution in [0, 0.1) is 0 Å². The van der Waals surface area contributed by atoms with E-state index in [4.69, 9.17) is 19.0 Å². The van der Waals surface area contributed by atoms with Crippen LogP contribution in [0.25, 0.3) is 0 Å². The van der Waals surface area contributed by atoms with Crippen molar-refractivity contribution in [1.82, 2.24) is 0 Å². The molecule has 15 heavy (non-hydrogen) atoms. The Bertz CT molecular complexity index is 314. The fraction of sp³-hybridized carbons (Fsp3) is 0.400. The van der Waals surface area contributed by atoms with Crippen molar-refractivity contribution >= 4 is 8.60 Å². The average Bonchev–Trinajstić information content (AvgIpc) is 2.20. The van der Waals surface area contributed by atoms with Gasteiger partial charge in [0.05, 0.1) is 7.11 Å². The van der Waals surface area contributed by atoms with E-state index in [2.05, 4.69) is 6.92 Å². The van der Waals surface area contributed by atoms with Crippen molar-refractivity contribution in [3.05, 3.63) is 23.8 Å². The molecule has 4 nitrogen and oxygen atoms in total. The van der Waals surface area contributed by atoms with Gasteiger partial charge in [0.15, 0.2) is 11.5 Å². The lowest BCUT2D eigenvalue weighted by Gasteiger charge is -2.11. The van der Waals surface area contributed by atoms with Gasteiger partial charge in [0.25, 0.3) is 0 Å². The van der Waals surface area contributed by atoms with Gasteiger partial charge < -0.3 is 19.0 Å². The molecule has 1 aromatic rings. The fourth-order valence-electron chi connectivity index (χ4n) is 1.32. The fourth-order valence-corrected chi connectivity index (χ4v) is 1.65. The van der Waals surface area contributed by atoms with Gasteiger partial charge in [-0.2, -0.15) is 0 Å².